The van der Waals surface area contributed by atoms with E-state index in [9.17, 15) is 14.4 Å². The van der Waals surface area contributed by atoms with E-state index < -0.39 is 11.8 Å². The lowest BCUT2D eigenvalue weighted by molar-refractivity contribution is -0.130. The van der Waals surface area contributed by atoms with Gasteiger partial charge in [0.1, 0.15) is 5.75 Å². The second kappa shape index (κ2) is 9.52. The Morgan fingerprint density at radius 2 is 1.59 bits per heavy atom. The smallest absolute Gasteiger partial charge is 0.276 e. The van der Waals surface area contributed by atoms with Crippen LogP contribution in [0.3, 0.4) is 0 Å². The lowest BCUT2D eigenvalue weighted by Gasteiger charge is -2.09. The zero-order valence-electron chi connectivity index (χ0n) is 15.8. The maximum atomic E-state index is 12.2. The number of ketones is 1. The Morgan fingerprint density at radius 3 is 2.30 bits per heavy atom. The molecule has 6 nitrogen and oxygen atoms in total. The van der Waals surface area contributed by atoms with Crippen LogP contribution >= 0.6 is 0 Å². The summed E-state index contributed by atoms with van der Waals surface area (Å²) >= 11 is 0. The molecule has 0 aliphatic heterocycles. The van der Waals surface area contributed by atoms with E-state index in [4.69, 9.17) is 4.74 Å². The van der Waals surface area contributed by atoms with Crippen LogP contribution in [0.1, 0.15) is 39.9 Å². The fraction of sp³-hybridized carbons (Fsp3) is 0.286. The summed E-state index contributed by atoms with van der Waals surface area (Å²) < 4.78 is 5.34. The quantitative estimate of drug-likeness (QED) is 0.581. The molecule has 2 N–H and O–H groups in total. The summed E-state index contributed by atoms with van der Waals surface area (Å²) in [6, 6.07) is 12.8. The number of rotatable bonds is 7. The van der Waals surface area contributed by atoms with Crippen LogP contribution in [0, 0.1) is 20.8 Å². The predicted octanol–water partition coefficient (Wildman–Crippen LogP) is 2.80. The molecule has 27 heavy (non-hydrogen) atoms. The molecule has 0 saturated carbocycles. The third kappa shape index (κ3) is 6.58. The maximum Gasteiger partial charge on any atom is 0.276 e. The third-order valence-electron chi connectivity index (χ3n) is 4.11. The van der Waals surface area contributed by atoms with Crippen LogP contribution < -0.4 is 15.6 Å². The Morgan fingerprint density at radius 1 is 0.852 bits per heavy atom. The van der Waals surface area contributed by atoms with Gasteiger partial charge in [-0.1, -0.05) is 24.3 Å². The minimum Gasteiger partial charge on any atom is -0.484 e. The first-order chi connectivity index (χ1) is 12.8. The van der Waals surface area contributed by atoms with Crippen LogP contribution in [0.2, 0.25) is 0 Å². The maximum absolute atomic E-state index is 12.2. The van der Waals surface area contributed by atoms with E-state index in [1.165, 1.54) is 0 Å². The van der Waals surface area contributed by atoms with Gasteiger partial charge in [-0.2, -0.15) is 0 Å². The molecular weight excluding hydrogens is 344 g/mol. The number of carbonyl (C=O) groups is 3. The van der Waals surface area contributed by atoms with E-state index in [0.717, 1.165) is 16.7 Å². The molecule has 0 atom stereocenters. The van der Waals surface area contributed by atoms with E-state index in [1.807, 2.05) is 51.1 Å². The molecule has 0 aliphatic rings. The number of nitrogens with one attached hydrogen (secondary N) is 2. The molecule has 2 aromatic rings. The number of aryl methyl sites for hydroxylation is 3. The Bertz CT molecular complexity index is 846. The average Bonchev–Trinajstić information content (AvgIpc) is 2.65. The summed E-state index contributed by atoms with van der Waals surface area (Å²) in [7, 11) is 0. The molecule has 2 amide bonds. The van der Waals surface area contributed by atoms with Crippen molar-refractivity contribution in [2.45, 2.75) is 33.6 Å². The van der Waals surface area contributed by atoms with E-state index in [2.05, 4.69) is 10.9 Å². The highest BCUT2D eigenvalue weighted by atomic mass is 16.5. The Labute approximate surface area is 158 Å². The van der Waals surface area contributed by atoms with Gasteiger partial charge in [-0.25, -0.2) is 0 Å². The van der Waals surface area contributed by atoms with Crippen LogP contribution in [0.5, 0.6) is 5.75 Å². The SMILES string of the molecule is Cc1cccc(OCC(=O)NNC(=O)CCC(=O)c2ccc(C)c(C)c2)c1. The summed E-state index contributed by atoms with van der Waals surface area (Å²) in [6.45, 7) is 5.62. The van der Waals surface area contributed by atoms with Crippen LogP contribution in [-0.4, -0.2) is 24.2 Å². The van der Waals surface area contributed by atoms with Crippen LogP contribution in [0.25, 0.3) is 0 Å². The monoisotopic (exact) mass is 368 g/mol. The number of hydrogen-bond acceptors (Lipinski definition) is 4. The predicted molar refractivity (Wildman–Crippen MR) is 102 cm³/mol. The van der Waals surface area contributed by atoms with Crippen molar-refractivity contribution in [2.24, 2.45) is 0 Å². The van der Waals surface area contributed by atoms with Crippen molar-refractivity contribution in [1.82, 2.24) is 10.9 Å². The van der Waals surface area contributed by atoms with Gasteiger partial charge >= 0.3 is 0 Å². The number of ether oxygens (including phenoxy) is 1. The van der Waals surface area contributed by atoms with Gasteiger partial charge in [0.15, 0.2) is 12.4 Å². The van der Waals surface area contributed by atoms with E-state index in [0.29, 0.717) is 11.3 Å². The zero-order chi connectivity index (χ0) is 19.8. The highest BCUT2D eigenvalue weighted by Gasteiger charge is 2.11. The Balaban J connectivity index is 1.70. The first-order valence-corrected chi connectivity index (χ1v) is 8.73. The fourth-order valence-corrected chi connectivity index (χ4v) is 2.38. The second-order valence-electron chi connectivity index (χ2n) is 6.42. The third-order valence-corrected chi connectivity index (χ3v) is 4.11. The molecule has 0 heterocycles. The van der Waals surface area contributed by atoms with Crippen LogP contribution in [0.4, 0.5) is 0 Å². The molecule has 0 spiro atoms. The average molecular weight is 368 g/mol. The van der Waals surface area contributed by atoms with Crippen molar-refractivity contribution in [1.29, 1.82) is 0 Å². The van der Waals surface area contributed by atoms with Crippen LogP contribution in [0.15, 0.2) is 42.5 Å². The minimum atomic E-state index is -0.481. The summed E-state index contributed by atoms with van der Waals surface area (Å²) in [5.41, 5.74) is 8.31. The van der Waals surface area contributed by atoms with Crippen molar-refractivity contribution in [3.8, 4) is 5.75 Å². The van der Waals surface area contributed by atoms with E-state index in [-0.39, 0.29) is 25.2 Å². The number of hydrazine groups is 1. The summed E-state index contributed by atoms with van der Waals surface area (Å²) in [5.74, 6) is -0.445. The highest BCUT2D eigenvalue weighted by Crippen LogP contribution is 2.13. The van der Waals surface area contributed by atoms with Gasteiger partial charge in [0.2, 0.25) is 5.91 Å². The molecule has 0 unspecified atom stereocenters. The number of Topliss-reactive ketones (excluding diaryl/α,β-unsaturated/α-hetero) is 1. The van der Waals surface area contributed by atoms with E-state index in [1.54, 1.807) is 12.1 Å². The largest absolute Gasteiger partial charge is 0.484 e. The van der Waals surface area contributed by atoms with Crippen LogP contribution in [-0.2, 0) is 9.59 Å². The summed E-state index contributed by atoms with van der Waals surface area (Å²) in [5, 5.41) is 0. The number of hydrogen-bond donors (Lipinski definition) is 2. The van der Waals surface area contributed by atoms with Gasteiger partial charge in [-0.3, -0.25) is 25.2 Å². The molecule has 0 aliphatic carbocycles. The van der Waals surface area contributed by atoms with Gasteiger partial charge in [0.25, 0.3) is 5.91 Å². The van der Waals surface area contributed by atoms with Gasteiger partial charge in [-0.15, -0.1) is 0 Å². The van der Waals surface area contributed by atoms with Crippen molar-refractivity contribution < 1.29 is 19.1 Å². The van der Waals surface area contributed by atoms with Gasteiger partial charge < -0.3 is 4.74 Å². The number of carbonyl (C=O) groups excluding carboxylic acids is 3. The molecule has 0 fully saturated rings. The van der Waals surface area contributed by atoms with Crippen molar-refractivity contribution in [3.05, 3.63) is 64.7 Å². The minimum absolute atomic E-state index is 0.00915. The first-order valence-electron chi connectivity index (χ1n) is 8.73. The lowest BCUT2D eigenvalue weighted by Crippen LogP contribution is -2.43. The lowest BCUT2D eigenvalue weighted by atomic mass is 10.0. The molecule has 2 rings (SSSR count). The van der Waals surface area contributed by atoms with Gasteiger partial charge in [0.05, 0.1) is 0 Å². The molecule has 0 bridgehead atoms. The molecule has 2 aromatic carbocycles. The second-order valence-corrected chi connectivity index (χ2v) is 6.42. The van der Waals surface area contributed by atoms with Crippen molar-refractivity contribution in [3.63, 3.8) is 0 Å². The topological polar surface area (TPSA) is 84.5 Å². The van der Waals surface area contributed by atoms with Gasteiger partial charge in [-0.05, 0) is 55.7 Å². The summed E-state index contributed by atoms with van der Waals surface area (Å²) in [6.07, 6.45) is 0.0643. The van der Waals surface area contributed by atoms with Gasteiger partial charge in [0, 0.05) is 18.4 Å². The Kier molecular flexibility index (Phi) is 7.11. The molecule has 0 aromatic heterocycles. The molecule has 142 valence electrons. The summed E-state index contributed by atoms with van der Waals surface area (Å²) in [4.78, 5) is 35.7. The number of benzene rings is 2. The molecule has 6 heteroatoms. The molecule has 0 radical (unpaired) electrons. The van der Waals surface area contributed by atoms with Crippen molar-refractivity contribution in [2.75, 3.05) is 6.61 Å². The Hall–Kier alpha value is -3.15. The van der Waals surface area contributed by atoms with E-state index >= 15 is 0 Å². The fourth-order valence-electron chi connectivity index (χ4n) is 2.38. The van der Waals surface area contributed by atoms with Crippen molar-refractivity contribution >= 4 is 17.6 Å². The molecule has 0 saturated heterocycles. The highest BCUT2D eigenvalue weighted by molar-refractivity contribution is 5.98. The zero-order valence-corrected chi connectivity index (χ0v) is 15.8. The molecular formula is C21H24N2O4. The first kappa shape index (κ1) is 20.2. The normalized spacial score (nSPS) is 10.2. The number of amides is 2. The standard InChI is InChI=1S/C21H24N2O4/c1-14-5-4-6-18(11-14)27-13-21(26)23-22-20(25)10-9-19(24)17-8-7-15(2)16(3)12-17/h4-8,11-12H,9-10,13H2,1-3H3,(H,22,25)(H,23,26).